The maximum absolute atomic E-state index is 13.8. The molecule has 4 amide bonds. The molecule has 5 heterocycles. The van der Waals surface area contributed by atoms with Crippen LogP contribution >= 0.6 is 15.9 Å². The Labute approximate surface area is 531 Å². The van der Waals surface area contributed by atoms with Gasteiger partial charge in [-0.15, -0.1) is 0 Å². The lowest BCUT2D eigenvalue weighted by molar-refractivity contribution is 0.00578. The van der Waals surface area contributed by atoms with Crippen molar-refractivity contribution in [2.24, 2.45) is 0 Å². The molecular weight excluding hydrogens is 1230 g/mol. The molecule has 4 aromatic rings. The molecule has 482 valence electrons. The average Bonchev–Trinajstić information content (AvgIpc) is 2.20. The zero-order valence-electron chi connectivity index (χ0n) is 54.4. The Balaban J connectivity index is 0.000000198. The summed E-state index contributed by atoms with van der Waals surface area (Å²) in [4.78, 5) is 56.4. The molecule has 88 heavy (non-hydrogen) atoms. The first kappa shape index (κ1) is 69.8. The smallest absolute Gasteiger partial charge is 0.444 e. The van der Waals surface area contributed by atoms with Gasteiger partial charge >= 0.3 is 31.5 Å². The van der Waals surface area contributed by atoms with Gasteiger partial charge in [0.05, 0.1) is 31.5 Å². The lowest BCUT2D eigenvalue weighted by atomic mass is 9.75. The van der Waals surface area contributed by atoms with Gasteiger partial charge < -0.3 is 47.9 Å². The third kappa shape index (κ3) is 17.6. The molecule has 0 saturated carbocycles. The molecule has 0 spiro atoms. The van der Waals surface area contributed by atoms with E-state index >= 15 is 0 Å². The van der Waals surface area contributed by atoms with Gasteiger partial charge in [-0.25, -0.2) is 36.0 Å². The van der Waals surface area contributed by atoms with Crippen molar-refractivity contribution >= 4 is 94.2 Å². The summed E-state index contributed by atoms with van der Waals surface area (Å²) in [6.45, 7) is 33.9. The normalized spacial score (nSPS) is 18.9. The maximum Gasteiger partial charge on any atom is 0.490 e. The highest BCUT2D eigenvalue weighted by atomic mass is 79.9. The number of hydrogen-bond donors (Lipinski definition) is 0. The van der Waals surface area contributed by atoms with E-state index in [-0.39, 0.29) is 36.6 Å². The zero-order chi connectivity index (χ0) is 65.2. The minimum atomic E-state index is -3.63. The Morgan fingerprint density at radius 2 is 0.830 bits per heavy atom. The molecule has 4 aromatic carbocycles. The van der Waals surface area contributed by atoms with Gasteiger partial charge in [0.25, 0.3) is 0 Å². The highest BCUT2D eigenvalue weighted by Crippen LogP contribution is 2.41. The number of carbonyl (C=O) groups is 4. The molecule has 0 N–H and O–H groups in total. The predicted octanol–water partition coefficient (Wildman–Crippen LogP) is 14.0. The number of hydrogen-bond acceptors (Lipinski definition) is 14. The van der Waals surface area contributed by atoms with E-state index in [1.807, 2.05) is 178 Å². The quantitative estimate of drug-likeness (QED) is 0.130. The van der Waals surface area contributed by atoms with E-state index in [2.05, 4.69) is 15.9 Å². The molecule has 9 rings (SSSR count). The Bertz CT molecular complexity index is 3490. The highest BCUT2D eigenvalue weighted by molar-refractivity contribution is 9.10. The molecule has 22 heteroatoms. The van der Waals surface area contributed by atoms with E-state index in [0.29, 0.717) is 99.6 Å². The Hall–Kier alpha value is -5.68. The summed E-state index contributed by atoms with van der Waals surface area (Å²) in [6, 6.07) is 22.1. The van der Waals surface area contributed by atoms with Crippen molar-refractivity contribution in [3.63, 3.8) is 0 Å². The molecule has 0 atom stereocenters. The zero-order valence-corrected chi connectivity index (χ0v) is 57.6. The SMILES string of the molecule is CC(C)(C)OC(=O)N1CC=C(B2OC(C)(C)C(C)(C)O2)CC1.CC(C)(C)OC(=O)N1CC=C(c2ccc(S(=O)(=O)C3CCN(C(=O)OC(C)(C)C)CC3)c3ccccc23)CC1.CC(C)(C)OC(=O)N1CCC(S(=O)(=O)c2ccc(Br)c3ccccc23)CC1. The molecule has 0 aromatic heterocycles. The van der Waals surface area contributed by atoms with Crippen LogP contribution in [0, 0.1) is 0 Å². The van der Waals surface area contributed by atoms with Crippen LogP contribution in [0.3, 0.4) is 0 Å². The van der Waals surface area contributed by atoms with Crippen molar-refractivity contribution < 1.29 is 64.3 Å². The molecule has 5 aliphatic rings. The van der Waals surface area contributed by atoms with Crippen LogP contribution in [0.25, 0.3) is 27.1 Å². The molecule has 0 bridgehead atoms. The standard InChI is InChI=1S/C30H40N2O6S.C20H24BrNO4S.C16H28BNO4/c1-29(2,3)37-27(33)31-17-13-21(14-18-31)23-11-12-26(25-10-8-7-9-24(23)25)39(35,36)22-15-19-32(20-16-22)28(34)38-30(4,5)6;1-20(2,3)26-19(23)22-12-10-14(11-13-22)27(24,25)18-9-8-17(21)15-6-4-5-7-16(15)18;1-14(2,3)20-13(19)18-10-8-12(9-11-18)17-21-15(4,5)16(6,7)22-17/h7-13,22H,14-20H2,1-6H3;4-9,14H,10-13H2,1-3H3;8H,9-11H2,1-7H3. The first-order valence-corrected chi connectivity index (χ1v) is 34.4. The van der Waals surface area contributed by atoms with Gasteiger partial charge in [0, 0.05) is 67.6 Å². The minimum absolute atomic E-state index is 0.267. The average molecular weight is 1320 g/mol. The molecular formula is C66H92BBrN4O14S2. The Morgan fingerprint density at radius 1 is 0.477 bits per heavy atom. The maximum atomic E-state index is 13.8. The van der Waals surface area contributed by atoms with Crippen molar-refractivity contribution in [1.29, 1.82) is 0 Å². The van der Waals surface area contributed by atoms with Gasteiger partial charge in [0.1, 0.15) is 22.4 Å². The van der Waals surface area contributed by atoms with Crippen molar-refractivity contribution in [2.45, 2.75) is 203 Å². The second-order valence-electron chi connectivity index (χ2n) is 28.1. The summed E-state index contributed by atoms with van der Waals surface area (Å²) in [6.07, 6.45) is 5.61. The van der Waals surface area contributed by atoms with Gasteiger partial charge in [-0.1, -0.05) is 82.7 Å². The number of halogens is 1. The van der Waals surface area contributed by atoms with E-state index in [9.17, 15) is 36.0 Å². The van der Waals surface area contributed by atoms with Crippen molar-refractivity contribution in [3.8, 4) is 0 Å². The van der Waals surface area contributed by atoms with E-state index in [0.717, 1.165) is 43.7 Å². The summed E-state index contributed by atoms with van der Waals surface area (Å²) in [5, 5.41) is 2.11. The fourth-order valence-electron chi connectivity index (χ4n) is 10.8. The minimum Gasteiger partial charge on any atom is -0.444 e. The van der Waals surface area contributed by atoms with E-state index in [4.69, 9.17) is 28.3 Å². The van der Waals surface area contributed by atoms with Gasteiger partial charge in [0.2, 0.25) is 0 Å². The van der Waals surface area contributed by atoms with E-state index < -0.39 is 58.7 Å². The van der Waals surface area contributed by atoms with Gasteiger partial charge in [-0.3, -0.25) is 0 Å². The van der Waals surface area contributed by atoms with Crippen LogP contribution in [0.2, 0.25) is 0 Å². The summed E-state index contributed by atoms with van der Waals surface area (Å²) < 4.78 is 88.9. The molecule has 18 nitrogen and oxygen atoms in total. The van der Waals surface area contributed by atoms with Gasteiger partial charge in [-0.2, -0.15) is 0 Å². The van der Waals surface area contributed by atoms with Gasteiger partial charge in [0.15, 0.2) is 19.7 Å². The highest BCUT2D eigenvalue weighted by Gasteiger charge is 2.52. The number of sulfone groups is 2. The number of ether oxygens (including phenoxy) is 4. The third-order valence-corrected chi connectivity index (χ3v) is 21.4. The van der Waals surface area contributed by atoms with Crippen molar-refractivity contribution in [2.75, 3.05) is 52.4 Å². The fourth-order valence-corrected chi connectivity index (χ4v) is 15.1. The summed E-state index contributed by atoms with van der Waals surface area (Å²) in [5.74, 6) is 0. The Morgan fingerprint density at radius 3 is 1.20 bits per heavy atom. The number of fused-ring (bicyclic) bond motifs is 2. The largest absolute Gasteiger partial charge is 0.490 e. The monoisotopic (exact) mass is 1320 g/mol. The topological polar surface area (TPSA) is 205 Å². The number of likely N-dealkylation sites (tertiary alicyclic amines) is 2. The van der Waals surface area contributed by atoms with Gasteiger partial charge in [-0.05, 0) is 195 Å². The van der Waals surface area contributed by atoms with Crippen LogP contribution < -0.4 is 0 Å². The van der Waals surface area contributed by atoms with Crippen LogP contribution in [0.15, 0.2) is 105 Å². The second-order valence-corrected chi connectivity index (χ2v) is 33.4. The molecule has 5 aliphatic heterocycles. The number of benzene rings is 4. The van der Waals surface area contributed by atoms with E-state index in [1.165, 1.54) is 0 Å². The number of piperidine rings is 2. The summed E-state index contributed by atoms with van der Waals surface area (Å²) in [5.41, 5.74) is 0.338. The van der Waals surface area contributed by atoms with Crippen molar-refractivity contribution in [3.05, 3.63) is 100 Å². The first-order chi connectivity index (χ1) is 40.7. The number of nitrogens with zero attached hydrogens (tertiary/aromatic N) is 4. The first-order valence-electron chi connectivity index (χ1n) is 30.5. The summed E-state index contributed by atoms with van der Waals surface area (Å²) in [7, 11) is -7.43. The number of rotatable bonds is 6. The molecule has 0 unspecified atom stereocenters. The van der Waals surface area contributed by atoms with Crippen LogP contribution in [-0.2, 0) is 47.9 Å². The molecule has 3 saturated heterocycles. The van der Waals surface area contributed by atoms with Crippen LogP contribution in [0.4, 0.5) is 19.2 Å². The lowest BCUT2D eigenvalue weighted by Gasteiger charge is -2.33. The predicted molar refractivity (Wildman–Crippen MR) is 349 cm³/mol. The molecule has 0 aliphatic carbocycles. The Kier molecular flexibility index (Phi) is 21.4. The van der Waals surface area contributed by atoms with Crippen LogP contribution in [0.1, 0.15) is 155 Å². The number of carbonyl (C=O) groups excluding carboxylic acids is 4. The van der Waals surface area contributed by atoms with Crippen LogP contribution in [-0.4, -0.2) is 164 Å². The lowest BCUT2D eigenvalue weighted by Crippen LogP contribution is -2.44. The summed E-state index contributed by atoms with van der Waals surface area (Å²) >= 11 is 3.49. The molecule has 0 radical (unpaired) electrons. The second kappa shape index (κ2) is 27.0. The molecule has 3 fully saturated rings. The third-order valence-electron chi connectivity index (χ3n) is 16.1. The van der Waals surface area contributed by atoms with E-state index in [1.54, 1.807) is 37.8 Å². The van der Waals surface area contributed by atoms with Crippen LogP contribution in [0.5, 0.6) is 0 Å². The fraction of sp³-hybridized carbons (Fsp3) is 0.576. The number of amides is 4. The van der Waals surface area contributed by atoms with Crippen molar-refractivity contribution in [1.82, 2.24) is 19.6 Å².